The van der Waals surface area contributed by atoms with Gasteiger partial charge in [0.2, 0.25) is 5.91 Å². The zero-order valence-electron chi connectivity index (χ0n) is 15.6. The number of fused-ring (bicyclic) bond motifs is 1. The molecule has 1 fully saturated rings. The van der Waals surface area contributed by atoms with Gasteiger partial charge in [0, 0.05) is 11.7 Å². The first kappa shape index (κ1) is 18.6. The monoisotopic (exact) mass is 395 g/mol. The van der Waals surface area contributed by atoms with Gasteiger partial charge in [-0.25, -0.2) is 4.98 Å². The molecule has 3 aromatic rings. The van der Waals surface area contributed by atoms with Crippen LogP contribution in [0.15, 0.2) is 58.5 Å². The first-order valence-corrected chi connectivity index (χ1v) is 10.3. The third-order valence-corrected chi connectivity index (χ3v) is 5.42. The molecule has 0 bridgehead atoms. The number of benzene rings is 2. The minimum atomic E-state index is -0.140. The zero-order valence-corrected chi connectivity index (χ0v) is 16.4. The summed E-state index contributed by atoms with van der Waals surface area (Å²) in [6.45, 7) is 2.53. The second-order valence-electron chi connectivity index (χ2n) is 6.61. The number of anilines is 1. The number of nitrogens with zero attached hydrogens (tertiary/aromatic N) is 2. The third kappa shape index (κ3) is 4.04. The molecule has 7 heteroatoms. The number of carbonyl (C=O) groups is 1. The van der Waals surface area contributed by atoms with Gasteiger partial charge in [-0.1, -0.05) is 23.9 Å². The first-order valence-electron chi connectivity index (χ1n) is 9.32. The number of hydrogen-bond donors (Lipinski definition) is 1. The molecule has 2 aromatic carbocycles. The number of para-hydroxylation sites is 1. The van der Waals surface area contributed by atoms with E-state index in [9.17, 15) is 9.59 Å². The lowest BCUT2D eigenvalue weighted by atomic mass is 10.2. The second kappa shape index (κ2) is 8.06. The smallest absolute Gasteiger partial charge is 0.262 e. The maximum absolute atomic E-state index is 12.8. The van der Waals surface area contributed by atoms with Crippen LogP contribution in [0.4, 0.5) is 5.69 Å². The predicted octanol–water partition coefficient (Wildman–Crippen LogP) is 3.86. The summed E-state index contributed by atoms with van der Waals surface area (Å²) in [4.78, 5) is 29.8. The number of aromatic nitrogens is 2. The van der Waals surface area contributed by atoms with Crippen molar-refractivity contribution in [1.82, 2.24) is 9.55 Å². The van der Waals surface area contributed by atoms with Crippen LogP contribution in [0.2, 0.25) is 0 Å². The predicted molar refractivity (Wildman–Crippen MR) is 111 cm³/mol. The van der Waals surface area contributed by atoms with Crippen LogP contribution in [0.1, 0.15) is 25.8 Å². The summed E-state index contributed by atoms with van der Waals surface area (Å²) in [6, 6.07) is 14.8. The van der Waals surface area contributed by atoms with Crippen LogP contribution < -0.4 is 15.6 Å². The van der Waals surface area contributed by atoms with E-state index < -0.39 is 0 Å². The minimum Gasteiger partial charge on any atom is -0.494 e. The Kier molecular flexibility index (Phi) is 5.34. The standard InChI is InChI=1S/C21H21N3O3S/c1-2-27-16-11-7-14(8-12-16)22-19(25)13-28-21-23-18-6-4-3-5-17(18)20(26)24(21)15-9-10-15/h3-8,11-12,15H,2,9-10,13H2,1H3,(H,22,25). The van der Waals surface area contributed by atoms with Gasteiger partial charge in [0.25, 0.3) is 5.56 Å². The molecule has 1 amide bonds. The van der Waals surface area contributed by atoms with E-state index in [2.05, 4.69) is 10.3 Å². The Morgan fingerprint density at radius 2 is 1.96 bits per heavy atom. The van der Waals surface area contributed by atoms with Gasteiger partial charge in [0.05, 0.1) is 23.3 Å². The SMILES string of the molecule is CCOc1ccc(NC(=O)CSc2nc3ccccc3c(=O)n2C2CC2)cc1. The summed E-state index contributed by atoms with van der Waals surface area (Å²) >= 11 is 1.30. The summed E-state index contributed by atoms with van der Waals surface area (Å²) in [7, 11) is 0. The maximum Gasteiger partial charge on any atom is 0.262 e. The van der Waals surface area contributed by atoms with Crippen LogP contribution in [0, 0.1) is 0 Å². The molecule has 4 rings (SSSR count). The Balaban J connectivity index is 1.48. The molecule has 0 atom stereocenters. The van der Waals surface area contributed by atoms with Gasteiger partial charge in [-0.3, -0.25) is 14.2 Å². The van der Waals surface area contributed by atoms with Crippen LogP contribution in [0.3, 0.4) is 0 Å². The number of ether oxygens (including phenoxy) is 1. The van der Waals surface area contributed by atoms with Gasteiger partial charge in [-0.05, 0) is 56.2 Å². The number of rotatable bonds is 7. The van der Waals surface area contributed by atoms with E-state index in [1.807, 2.05) is 49.4 Å². The van der Waals surface area contributed by atoms with E-state index in [1.165, 1.54) is 11.8 Å². The van der Waals surface area contributed by atoms with Crippen LogP contribution in [0.5, 0.6) is 5.75 Å². The molecule has 1 heterocycles. The summed E-state index contributed by atoms with van der Waals surface area (Å²) in [5.74, 6) is 0.813. The Morgan fingerprint density at radius 3 is 2.68 bits per heavy atom. The summed E-state index contributed by atoms with van der Waals surface area (Å²) in [5.41, 5.74) is 1.35. The van der Waals surface area contributed by atoms with E-state index in [4.69, 9.17) is 4.74 Å². The number of thioether (sulfide) groups is 1. The highest BCUT2D eigenvalue weighted by Gasteiger charge is 2.28. The average Bonchev–Trinajstić information content (AvgIpc) is 3.53. The van der Waals surface area contributed by atoms with Crippen molar-refractivity contribution in [3.05, 3.63) is 58.9 Å². The highest BCUT2D eigenvalue weighted by atomic mass is 32.2. The molecule has 0 unspecified atom stereocenters. The molecular weight excluding hydrogens is 374 g/mol. The normalized spacial score (nSPS) is 13.5. The highest BCUT2D eigenvalue weighted by Crippen LogP contribution is 2.36. The molecule has 28 heavy (non-hydrogen) atoms. The Morgan fingerprint density at radius 1 is 1.21 bits per heavy atom. The van der Waals surface area contributed by atoms with E-state index in [0.717, 1.165) is 18.6 Å². The average molecular weight is 395 g/mol. The zero-order chi connectivity index (χ0) is 19.5. The molecule has 1 aromatic heterocycles. The highest BCUT2D eigenvalue weighted by molar-refractivity contribution is 7.99. The Labute approximate surface area is 166 Å². The van der Waals surface area contributed by atoms with E-state index >= 15 is 0 Å². The Hall–Kier alpha value is -2.80. The maximum atomic E-state index is 12.8. The molecule has 6 nitrogen and oxygen atoms in total. The van der Waals surface area contributed by atoms with Crippen LogP contribution >= 0.6 is 11.8 Å². The molecule has 0 saturated heterocycles. The van der Waals surface area contributed by atoms with Crippen molar-refractivity contribution in [3.63, 3.8) is 0 Å². The van der Waals surface area contributed by atoms with E-state index in [-0.39, 0.29) is 23.3 Å². The van der Waals surface area contributed by atoms with Gasteiger partial charge in [0.15, 0.2) is 5.16 Å². The summed E-state index contributed by atoms with van der Waals surface area (Å²) < 4.78 is 7.15. The van der Waals surface area contributed by atoms with Crippen molar-refractivity contribution in [2.45, 2.75) is 31.0 Å². The lowest BCUT2D eigenvalue weighted by molar-refractivity contribution is -0.113. The van der Waals surface area contributed by atoms with Gasteiger partial charge < -0.3 is 10.1 Å². The number of amides is 1. The molecule has 1 saturated carbocycles. The van der Waals surface area contributed by atoms with E-state index in [0.29, 0.717) is 28.4 Å². The lowest BCUT2D eigenvalue weighted by Crippen LogP contribution is -2.23. The fourth-order valence-corrected chi connectivity index (χ4v) is 3.88. The Bertz CT molecular complexity index is 1060. The van der Waals surface area contributed by atoms with Crippen molar-refractivity contribution >= 4 is 34.3 Å². The van der Waals surface area contributed by atoms with Crippen molar-refractivity contribution in [2.75, 3.05) is 17.7 Å². The number of carbonyl (C=O) groups excluding carboxylic acids is 1. The van der Waals surface area contributed by atoms with E-state index in [1.54, 1.807) is 10.6 Å². The van der Waals surface area contributed by atoms with Crippen LogP contribution in [-0.2, 0) is 4.79 Å². The fraction of sp³-hybridized carbons (Fsp3) is 0.286. The first-order chi connectivity index (χ1) is 13.7. The van der Waals surface area contributed by atoms with Crippen molar-refractivity contribution < 1.29 is 9.53 Å². The van der Waals surface area contributed by atoms with Gasteiger partial charge in [-0.15, -0.1) is 0 Å². The molecule has 0 radical (unpaired) electrons. The fourth-order valence-electron chi connectivity index (χ4n) is 3.01. The van der Waals surface area contributed by atoms with Crippen molar-refractivity contribution in [2.24, 2.45) is 0 Å². The molecule has 1 aliphatic carbocycles. The molecule has 1 aliphatic rings. The summed E-state index contributed by atoms with van der Waals surface area (Å²) in [5, 5.41) is 4.09. The van der Waals surface area contributed by atoms with Crippen molar-refractivity contribution in [1.29, 1.82) is 0 Å². The van der Waals surface area contributed by atoms with Crippen molar-refractivity contribution in [3.8, 4) is 5.75 Å². The molecule has 144 valence electrons. The van der Waals surface area contributed by atoms with Gasteiger partial charge >= 0.3 is 0 Å². The number of hydrogen-bond acceptors (Lipinski definition) is 5. The topological polar surface area (TPSA) is 73.2 Å². The number of nitrogens with one attached hydrogen (secondary N) is 1. The molecular formula is C21H21N3O3S. The molecule has 0 aliphatic heterocycles. The molecule has 0 spiro atoms. The largest absolute Gasteiger partial charge is 0.494 e. The quantitative estimate of drug-likeness (QED) is 0.486. The lowest BCUT2D eigenvalue weighted by Gasteiger charge is -2.12. The van der Waals surface area contributed by atoms with Crippen LogP contribution in [0.25, 0.3) is 10.9 Å². The van der Waals surface area contributed by atoms with Gasteiger partial charge in [0.1, 0.15) is 5.75 Å². The molecule has 1 N–H and O–H groups in total. The summed E-state index contributed by atoms with van der Waals surface area (Å²) in [6.07, 6.45) is 1.96. The second-order valence-corrected chi connectivity index (χ2v) is 7.55. The third-order valence-electron chi connectivity index (χ3n) is 4.47. The van der Waals surface area contributed by atoms with Gasteiger partial charge in [-0.2, -0.15) is 0 Å². The minimum absolute atomic E-state index is 0.0254. The van der Waals surface area contributed by atoms with Crippen LogP contribution in [-0.4, -0.2) is 27.8 Å².